The van der Waals surface area contributed by atoms with Crippen molar-refractivity contribution in [1.82, 2.24) is 9.97 Å². The number of thiazole rings is 2. The monoisotopic (exact) mass is 491 g/mol. The first-order valence-electron chi connectivity index (χ1n) is 7.18. The molecule has 0 unspecified atom stereocenters. The van der Waals surface area contributed by atoms with Crippen LogP contribution in [0.5, 0.6) is 0 Å². The molecule has 3 rings (SSSR count). The molecule has 1 N–H and O–H groups in total. The van der Waals surface area contributed by atoms with Gasteiger partial charge in [0.05, 0.1) is 24.9 Å². The number of aromatic nitrogens is 2. The van der Waals surface area contributed by atoms with Gasteiger partial charge in [-0.05, 0) is 48.6 Å². The van der Waals surface area contributed by atoms with Crippen molar-refractivity contribution < 1.29 is 13.6 Å². The maximum absolute atomic E-state index is 13.6. The predicted molar refractivity (Wildman–Crippen MR) is 104 cm³/mol. The van der Waals surface area contributed by atoms with E-state index >= 15 is 0 Å². The summed E-state index contributed by atoms with van der Waals surface area (Å²) in [6.45, 7) is 3.83. The summed E-state index contributed by atoms with van der Waals surface area (Å²) >= 11 is 5.00. The second-order valence-electron chi connectivity index (χ2n) is 5.21. The SMILES string of the molecule is Cc1nc(C)c(-c2nc(NC(=O)Cc3c(F)cccc3F)sc2I)s1. The van der Waals surface area contributed by atoms with Gasteiger partial charge in [0, 0.05) is 5.56 Å². The summed E-state index contributed by atoms with van der Waals surface area (Å²) in [4.78, 5) is 21.9. The van der Waals surface area contributed by atoms with Crippen LogP contribution in [0.1, 0.15) is 16.3 Å². The minimum Gasteiger partial charge on any atom is -0.302 e. The quantitative estimate of drug-likeness (QED) is 0.526. The molecule has 4 nitrogen and oxygen atoms in total. The van der Waals surface area contributed by atoms with E-state index in [1.807, 2.05) is 13.8 Å². The molecule has 2 heterocycles. The van der Waals surface area contributed by atoms with Gasteiger partial charge in [-0.15, -0.1) is 11.3 Å². The third kappa shape index (κ3) is 4.04. The second-order valence-corrected chi connectivity index (χ2v) is 9.23. The summed E-state index contributed by atoms with van der Waals surface area (Å²) in [5.74, 6) is -1.99. The number of halogens is 3. The van der Waals surface area contributed by atoms with Gasteiger partial charge >= 0.3 is 0 Å². The van der Waals surface area contributed by atoms with Crippen molar-refractivity contribution in [3.8, 4) is 10.6 Å². The van der Waals surface area contributed by atoms with Gasteiger partial charge in [0.1, 0.15) is 17.3 Å². The van der Waals surface area contributed by atoms with Gasteiger partial charge in [0.25, 0.3) is 0 Å². The normalized spacial score (nSPS) is 10.9. The molecule has 0 fully saturated rings. The highest BCUT2D eigenvalue weighted by molar-refractivity contribution is 14.1. The van der Waals surface area contributed by atoms with Crippen molar-refractivity contribution in [3.05, 3.63) is 49.0 Å². The van der Waals surface area contributed by atoms with Crippen LogP contribution in [-0.4, -0.2) is 15.9 Å². The molecule has 3 aromatic rings. The Morgan fingerprint density at radius 3 is 2.48 bits per heavy atom. The van der Waals surface area contributed by atoms with E-state index in [9.17, 15) is 13.6 Å². The summed E-state index contributed by atoms with van der Waals surface area (Å²) in [5, 5.41) is 3.95. The summed E-state index contributed by atoms with van der Waals surface area (Å²) < 4.78 is 28.2. The molecule has 0 saturated carbocycles. The van der Waals surface area contributed by atoms with Gasteiger partial charge in [-0.25, -0.2) is 18.7 Å². The molecule has 0 radical (unpaired) electrons. The molecule has 0 aliphatic rings. The third-order valence-electron chi connectivity index (χ3n) is 3.35. The number of hydrogen-bond acceptors (Lipinski definition) is 5. The first-order valence-corrected chi connectivity index (χ1v) is 9.89. The highest BCUT2D eigenvalue weighted by Crippen LogP contribution is 2.37. The van der Waals surface area contributed by atoms with E-state index in [-0.39, 0.29) is 12.0 Å². The average molecular weight is 491 g/mol. The molecule has 1 aromatic carbocycles. The van der Waals surface area contributed by atoms with Crippen LogP contribution >= 0.6 is 45.3 Å². The number of benzene rings is 1. The van der Waals surface area contributed by atoms with E-state index in [2.05, 4.69) is 37.9 Å². The van der Waals surface area contributed by atoms with Crippen LogP contribution in [0.25, 0.3) is 10.6 Å². The molecular formula is C16H12F2IN3OS2. The lowest BCUT2D eigenvalue weighted by Crippen LogP contribution is -2.16. The van der Waals surface area contributed by atoms with Crippen LogP contribution in [0.15, 0.2) is 18.2 Å². The molecule has 0 saturated heterocycles. The Labute approximate surface area is 164 Å². The Morgan fingerprint density at radius 2 is 1.88 bits per heavy atom. The Kier molecular flexibility index (Phi) is 5.44. The van der Waals surface area contributed by atoms with Crippen molar-refractivity contribution in [2.75, 3.05) is 5.32 Å². The third-order valence-corrected chi connectivity index (χ3v) is 6.36. The fourth-order valence-corrected chi connectivity index (χ4v) is 5.17. The minimum absolute atomic E-state index is 0.250. The van der Waals surface area contributed by atoms with E-state index in [0.29, 0.717) is 5.13 Å². The zero-order valence-corrected chi connectivity index (χ0v) is 17.0. The molecule has 1 amide bonds. The van der Waals surface area contributed by atoms with Crippen molar-refractivity contribution in [3.63, 3.8) is 0 Å². The molecular weight excluding hydrogens is 479 g/mol. The predicted octanol–water partition coefficient (Wildman–Crippen LogP) is 4.95. The molecule has 9 heteroatoms. The Hall–Kier alpha value is -1.46. The van der Waals surface area contributed by atoms with Crippen molar-refractivity contribution >= 4 is 56.3 Å². The van der Waals surface area contributed by atoms with Crippen LogP contribution in [-0.2, 0) is 11.2 Å². The maximum Gasteiger partial charge on any atom is 0.230 e. The number of amides is 1. The number of carbonyl (C=O) groups excluding carboxylic acids is 1. The Balaban J connectivity index is 1.79. The first-order chi connectivity index (χ1) is 11.8. The lowest BCUT2D eigenvalue weighted by atomic mass is 10.1. The Morgan fingerprint density at radius 1 is 1.20 bits per heavy atom. The molecule has 130 valence electrons. The topological polar surface area (TPSA) is 54.9 Å². The zero-order valence-electron chi connectivity index (χ0n) is 13.2. The molecule has 0 spiro atoms. The van der Waals surface area contributed by atoms with Crippen molar-refractivity contribution in [2.24, 2.45) is 0 Å². The second kappa shape index (κ2) is 7.42. The fraction of sp³-hybridized carbons (Fsp3) is 0.188. The minimum atomic E-state index is -0.736. The lowest BCUT2D eigenvalue weighted by Gasteiger charge is -2.04. The van der Waals surface area contributed by atoms with Gasteiger partial charge in [0.2, 0.25) is 5.91 Å². The number of nitrogens with zero attached hydrogens (tertiary/aromatic N) is 2. The van der Waals surface area contributed by atoms with E-state index in [1.165, 1.54) is 28.7 Å². The lowest BCUT2D eigenvalue weighted by molar-refractivity contribution is -0.115. The van der Waals surface area contributed by atoms with Gasteiger partial charge in [-0.3, -0.25) is 4.79 Å². The van der Waals surface area contributed by atoms with Gasteiger partial charge < -0.3 is 5.32 Å². The van der Waals surface area contributed by atoms with Gasteiger partial charge in [0.15, 0.2) is 5.13 Å². The molecule has 25 heavy (non-hydrogen) atoms. The van der Waals surface area contributed by atoms with Gasteiger partial charge in [-0.1, -0.05) is 17.4 Å². The van der Waals surface area contributed by atoms with Gasteiger partial charge in [-0.2, -0.15) is 0 Å². The summed E-state index contributed by atoms with van der Waals surface area (Å²) in [6.07, 6.45) is -0.386. The van der Waals surface area contributed by atoms with Crippen LogP contribution in [0.4, 0.5) is 13.9 Å². The average Bonchev–Trinajstić information content (AvgIpc) is 3.04. The first kappa shape index (κ1) is 18.3. The number of rotatable bonds is 4. The number of anilines is 1. The van der Waals surface area contributed by atoms with Crippen LogP contribution in [0.3, 0.4) is 0 Å². The highest BCUT2D eigenvalue weighted by Gasteiger charge is 2.19. The fourth-order valence-electron chi connectivity index (χ4n) is 2.27. The smallest absolute Gasteiger partial charge is 0.230 e. The maximum atomic E-state index is 13.6. The van der Waals surface area contributed by atoms with E-state index in [4.69, 9.17) is 0 Å². The highest BCUT2D eigenvalue weighted by atomic mass is 127. The molecule has 0 aliphatic heterocycles. The van der Waals surface area contributed by atoms with E-state index in [1.54, 1.807) is 0 Å². The summed E-state index contributed by atoms with van der Waals surface area (Å²) in [6, 6.07) is 3.52. The number of carbonyl (C=O) groups is 1. The van der Waals surface area contributed by atoms with E-state index < -0.39 is 17.5 Å². The molecule has 0 bridgehead atoms. The molecule has 0 atom stereocenters. The Bertz CT molecular complexity index is 935. The number of nitrogens with one attached hydrogen (secondary N) is 1. The molecule has 2 aromatic heterocycles. The van der Waals surface area contributed by atoms with Crippen molar-refractivity contribution in [1.29, 1.82) is 0 Å². The van der Waals surface area contributed by atoms with Crippen LogP contribution < -0.4 is 5.32 Å². The van der Waals surface area contributed by atoms with Crippen LogP contribution in [0, 0.1) is 28.4 Å². The summed E-state index contributed by atoms with van der Waals surface area (Å²) in [5.41, 5.74) is 1.40. The van der Waals surface area contributed by atoms with E-state index in [0.717, 1.165) is 36.3 Å². The largest absolute Gasteiger partial charge is 0.302 e. The number of hydrogen-bond donors (Lipinski definition) is 1. The standard InChI is InChI=1S/C16H12F2IN3OS2/c1-7-14(24-8(2)20-7)13-15(19)25-16(22-13)21-12(23)6-9-10(17)4-3-5-11(9)18/h3-5H,6H2,1-2H3,(H,21,22,23). The van der Waals surface area contributed by atoms with Crippen molar-refractivity contribution in [2.45, 2.75) is 20.3 Å². The molecule has 0 aliphatic carbocycles. The van der Waals surface area contributed by atoms with Crippen LogP contribution in [0.2, 0.25) is 0 Å². The zero-order chi connectivity index (χ0) is 18.1. The number of aryl methyl sites for hydroxylation is 2. The summed E-state index contributed by atoms with van der Waals surface area (Å²) in [7, 11) is 0.